The molecule has 1 aromatic carbocycles. The van der Waals surface area contributed by atoms with Gasteiger partial charge in [0.25, 0.3) is 5.56 Å². The van der Waals surface area contributed by atoms with E-state index in [1.165, 1.54) is 0 Å². The summed E-state index contributed by atoms with van der Waals surface area (Å²) in [5, 5.41) is 0. The first-order chi connectivity index (χ1) is 9.08. The number of aryl methyl sites for hydroxylation is 1. The monoisotopic (exact) mass is 258 g/mol. The Morgan fingerprint density at radius 2 is 2.00 bits per heavy atom. The number of ether oxygens (including phenoxy) is 1. The molecule has 0 spiro atoms. The fourth-order valence-corrected chi connectivity index (χ4v) is 2.17. The van der Waals surface area contributed by atoms with Gasteiger partial charge < -0.3 is 15.0 Å². The lowest BCUT2D eigenvalue weighted by Crippen LogP contribution is -2.23. The number of benzene rings is 1. The minimum atomic E-state index is -0.0477. The van der Waals surface area contributed by atoms with Crippen LogP contribution >= 0.6 is 0 Å². The van der Waals surface area contributed by atoms with E-state index in [4.69, 9.17) is 10.5 Å². The molecule has 0 aliphatic heterocycles. The van der Waals surface area contributed by atoms with E-state index in [-0.39, 0.29) is 12.1 Å². The largest absolute Gasteiger partial charge is 0.496 e. The normalized spacial score (nSPS) is 10.5. The van der Waals surface area contributed by atoms with Crippen molar-refractivity contribution in [3.8, 4) is 17.0 Å². The third-order valence-electron chi connectivity index (χ3n) is 3.29. The maximum Gasteiger partial charge on any atom is 0.255 e. The Labute approximate surface area is 112 Å². The SMILES string of the molecule is COc1ccc(-c2ccc(CN)c(=O)n2C)cc1C. The maximum absolute atomic E-state index is 12.1. The Hall–Kier alpha value is -2.07. The van der Waals surface area contributed by atoms with Gasteiger partial charge >= 0.3 is 0 Å². The minimum Gasteiger partial charge on any atom is -0.496 e. The van der Waals surface area contributed by atoms with Crippen LogP contribution in [0.4, 0.5) is 0 Å². The molecule has 0 radical (unpaired) electrons. The fourth-order valence-electron chi connectivity index (χ4n) is 2.17. The zero-order valence-corrected chi connectivity index (χ0v) is 11.4. The van der Waals surface area contributed by atoms with Crippen LogP contribution in [0, 0.1) is 6.92 Å². The second-order valence-corrected chi connectivity index (χ2v) is 4.50. The van der Waals surface area contributed by atoms with E-state index in [0.29, 0.717) is 5.56 Å². The quantitative estimate of drug-likeness (QED) is 0.913. The van der Waals surface area contributed by atoms with Crippen LogP contribution < -0.4 is 16.0 Å². The van der Waals surface area contributed by atoms with Crippen LogP contribution in [0.1, 0.15) is 11.1 Å². The molecular formula is C15H18N2O2. The summed E-state index contributed by atoms with van der Waals surface area (Å²) in [6.45, 7) is 2.24. The average Bonchev–Trinajstić information content (AvgIpc) is 2.41. The van der Waals surface area contributed by atoms with Crippen molar-refractivity contribution in [3.05, 3.63) is 51.8 Å². The van der Waals surface area contributed by atoms with Crippen LogP contribution in [0.5, 0.6) is 5.75 Å². The van der Waals surface area contributed by atoms with E-state index < -0.39 is 0 Å². The molecule has 2 aromatic rings. The standard InChI is InChI=1S/C15H18N2O2/c1-10-8-11(5-7-14(10)19-3)13-6-4-12(9-16)15(18)17(13)2/h4-8H,9,16H2,1-3H3. The molecular weight excluding hydrogens is 240 g/mol. The van der Waals surface area contributed by atoms with Crippen molar-refractivity contribution in [1.29, 1.82) is 0 Å². The van der Waals surface area contributed by atoms with Crippen molar-refractivity contribution >= 4 is 0 Å². The number of methoxy groups -OCH3 is 1. The molecule has 19 heavy (non-hydrogen) atoms. The first kappa shape index (κ1) is 13.4. The maximum atomic E-state index is 12.1. The molecule has 0 amide bonds. The Balaban J connectivity index is 2.57. The third-order valence-corrected chi connectivity index (χ3v) is 3.29. The highest BCUT2D eigenvalue weighted by molar-refractivity contribution is 5.62. The lowest BCUT2D eigenvalue weighted by molar-refractivity contribution is 0.412. The zero-order valence-electron chi connectivity index (χ0n) is 11.4. The number of aromatic nitrogens is 1. The summed E-state index contributed by atoms with van der Waals surface area (Å²) in [5.74, 6) is 0.840. The fraction of sp³-hybridized carbons (Fsp3) is 0.267. The number of nitrogens with two attached hydrogens (primary N) is 1. The van der Waals surface area contributed by atoms with Gasteiger partial charge in [0.2, 0.25) is 0 Å². The lowest BCUT2D eigenvalue weighted by atomic mass is 10.1. The molecule has 0 atom stereocenters. The molecule has 0 saturated carbocycles. The van der Waals surface area contributed by atoms with E-state index in [9.17, 15) is 4.79 Å². The smallest absolute Gasteiger partial charge is 0.255 e. The zero-order chi connectivity index (χ0) is 14.0. The minimum absolute atomic E-state index is 0.0477. The number of hydrogen-bond acceptors (Lipinski definition) is 3. The van der Waals surface area contributed by atoms with Gasteiger partial charge in [0.15, 0.2) is 0 Å². The number of pyridine rings is 1. The van der Waals surface area contributed by atoms with Crippen LogP contribution in [0.15, 0.2) is 35.1 Å². The molecule has 0 aliphatic rings. The van der Waals surface area contributed by atoms with Gasteiger partial charge in [-0.3, -0.25) is 4.79 Å². The number of rotatable bonds is 3. The predicted molar refractivity (Wildman–Crippen MR) is 76.3 cm³/mol. The van der Waals surface area contributed by atoms with Gasteiger partial charge in [0, 0.05) is 19.2 Å². The summed E-state index contributed by atoms with van der Waals surface area (Å²) in [6.07, 6.45) is 0. The molecule has 1 heterocycles. The van der Waals surface area contributed by atoms with E-state index in [0.717, 1.165) is 22.6 Å². The topological polar surface area (TPSA) is 57.2 Å². The van der Waals surface area contributed by atoms with Crippen molar-refractivity contribution in [2.75, 3.05) is 7.11 Å². The van der Waals surface area contributed by atoms with Crippen LogP contribution in [-0.4, -0.2) is 11.7 Å². The highest BCUT2D eigenvalue weighted by Crippen LogP contribution is 2.25. The molecule has 1 aromatic heterocycles. The predicted octanol–water partition coefficient (Wildman–Crippen LogP) is 1.83. The lowest BCUT2D eigenvalue weighted by Gasteiger charge is -2.12. The Kier molecular flexibility index (Phi) is 3.71. The van der Waals surface area contributed by atoms with E-state index in [1.54, 1.807) is 24.8 Å². The van der Waals surface area contributed by atoms with E-state index in [1.807, 2.05) is 31.2 Å². The Morgan fingerprint density at radius 3 is 2.58 bits per heavy atom. The Morgan fingerprint density at radius 1 is 1.26 bits per heavy atom. The average molecular weight is 258 g/mol. The molecule has 0 saturated heterocycles. The van der Waals surface area contributed by atoms with Crippen molar-refractivity contribution in [1.82, 2.24) is 4.57 Å². The van der Waals surface area contributed by atoms with Crippen LogP contribution in [0.2, 0.25) is 0 Å². The number of nitrogens with zero attached hydrogens (tertiary/aromatic N) is 1. The van der Waals surface area contributed by atoms with E-state index in [2.05, 4.69) is 0 Å². The van der Waals surface area contributed by atoms with Crippen molar-refractivity contribution in [2.45, 2.75) is 13.5 Å². The molecule has 2 N–H and O–H groups in total. The summed E-state index contributed by atoms with van der Waals surface area (Å²) in [6, 6.07) is 9.58. The van der Waals surface area contributed by atoms with Crippen LogP contribution in [-0.2, 0) is 13.6 Å². The molecule has 2 rings (SSSR count). The highest BCUT2D eigenvalue weighted by Gasteiger charge is 2.08. The third kappa shape index (κ3) is 2.39. The van der Waals surface area contributed by atoms with Crippen molar-refractivity contribution < 1.29 is 4.74 Å². The van der Waals surface area contributed by atoms with Crippen LogP contribution in [0.3, 0.4) is 0 Å². The molecule has 0 fully saturated rings. The van der Waals surface area contributed by atoms with Gasteiger partial charge in [-0.25, -0.2) is 0 Å². The summed E-state index contributed by atoms with van der Waals surface area (Å²) >= 11 is 0. The summed E-state index contributed by atoms with van der Waals surface area (Å²) in [5.41, 5.74) is 9.01. The summed E-state index contributed by atoms with van der Waals surface area (Å²) in [7, 11) is 3.41. The van der Waals surface area contributed by atoms with Crippen LogP contribution in [0.25, 0.3) is 11.3 Å². The molecule has 4 heteroatoms. The highest BCUT2D eigenvalue weighted by atomic mass is 16.5. The van der Waals surface area contributed by atoms with Gasteiger partial charge in [0.1, 0.15) is 5.75 Å². The van der Waals surface area contributed by atoms with Gasteiger partial charge in [-0.05, 0) is 42.3 Å². The van der Waals surface area contributed by atoms with Gasteiger partial charge in [-0.1, -0.05) is 6.07 Å². The van der Waals surface area contributed by atoms with Crippen molar-refractivity contribution in [3.63, 3.8) is 0 Å². The Bertz CT molecular complexity index is 660. The molecule has 4 nitrogen and oxygen atoms in total. The molecule has 0 aliphatic carbocycles. The molecule has 0 bridgehead atoms. The van der Waals surface area contributed by atoms with Gasteiger partial charge in [-0.15, -0.1) is 0 Å². The molecule has 0 unspecified atom stereocenters. The summed E-state index contributed by atoms with van der Waals surface area (Å²) < 4.78 is 6.87. The van der Waals surface area contributed by atoms with Crippen molar-refractivity contribution in [2.24, 2.45) is 12.8 Å². The first-order valence-electron chi connectivity index (χ1n) is 6.12. The summed E-state index contributed by atoms with van der Waals surface area (Å²) in [4.78, 5) is 12.1. The van der Waals surface area contributed by atoms with Gasteiger partial charge in [0.05, 0.1) is 12.8 Å². The molecule has 100 valence electrons. The first-order valence-corrected chi connectivity index (χ1v) is 6.12. The second kappa shape index (κ2) is 5.28. The van der Waals surface area contributed by atoms with Gasteiger partial charge in [-0.2, -0.15) is 0 Å². The number of hydrogen-bond donors (Lipinski definition) is 1. The second-order valence-electron chi connectivity index (χ2n) is 4.50. The van der Waals surface area contributed by atoms with E-state index >= 15 is 0 Å².